The van der Waals surface area contributed by atoms with Crippen LogP contribution in [0.4, 0.5) is 0 Å². The van der Waals surface area contributed by atoms with E-state index in [2.05, 4.69) is 101 Å². The molecule has 0 unspecified atom stereocenters. The largest absolute Gasteiger partial charge is 0.361 e. The summed E-state index contributed by atoms with van der Waals surface area (Å²) in [6, 6.07) is 30.8. The lowest BCUT2D eigenvalue weighted by Crippen LogP contribution is -2.49. The van der Waals surface area contributed by atoms with Crippen molar-refractivity contribution in [1.29, 1.82) is 0 Å². The van der Waals surface area contributed by atoms with Gasteiger partial charge >= 0.3 is 0 Å². The van der Waals surface area contributed by atoms with E-state index < -0.39 is 0 Å². The first-order valence-corrected chi connectivity index (χ1v) is 9.77. The number of aromatic nitrogens is 1. The predicted molar refractivity (Wildman–Crippen MR) is 112 cm³/mol. The Morgan fingerprint density at radius 2 is 1.37 bits per heavy atom. The van der Waals surface area contributed by atoms with Crippen molar-refractivity contribution in [3.8, 4) is 0 Å². The Morgan fingerprint density at radius 1 is 0.778 bits per heavy atom. The van der Waals surface area contributed by atoms with Crippen LogP contribution in [-0.4, -0.2) is 23.0 Å². The summed E-state index contributed by atoms with van der Waals surface area (Å²) in [6.45, 7) is 2.29. The number of nitrogens with zero attached hydrogens (tertiary/aromatic N) is 1. The second kappa shape index (κ2) is 7.05. The van der Waals surface area contributed by atoms with E-state index in [0.29, 0.717) is 6.04 Å². The number of hydrogen-bond acceptors (Lipinski definition) is 1. The molecule has 1 aliphatic rings. The molecule has 4 aromatic rings. The number of aromatic amines is 1. The van der Waals surface area contributed by atoms with E-state index in [1.54, 1.807) is 0 Å². The molecule has 3 aromatic carbocycles. The SMILES string of the molecule is c1ccc(C(c2ccccc2)N2CC(Cc3c[nH]c4ccccc34)C2)cc1. The number of nitrogens with one attached hydrogen (secondary N) is 1. The molecule has 0 spiro atoms. The second-order valence-corrected chi connectivity index (χ2v) is 7.61. The fourth-order valence-electron chi connectivity index (χ4n) is 4.45. The smallest absolute Gasteiger partial charge is 0.0602 e. The Kier molecular flexibility index (Phi) is 4.27. The standard InChI is InChI=1S/C25H24N2/c1-3-9-20(10-4-1)25(21-11-5-2-6-12-21)27-17-19(18-27)15-22-16-26-24-14-8-7-13-23(22)24/h1-14,16,19,25-26H,15,17-18H2. The van der Waals surface area contributed by atoms with Gasteiger partial charge in [-0.3, -0.25) is 4.90 Å². The molecule has 2 heteroatoms. The van der Waals surface area contributed by atoms with E-state index in [0.717, 1.165) is 25.4 Å². The minimum Gasteiger partial charge on any atom is -0.361 e. The summed E-state index contributed by atoms with van der Waals surface area (Å²) in [4.78, 5) is 6.03. The fourth-order valence-corrected chi connectivity index (χ4v) is 4.45. The minimum atomic E-state index is 0.353. The molecule has 2 heterocycles. The van der Waals surface area contributed by atoms with Crippen molar-refractivity contribution in [2.75, 3.05) is 13.1 Å². The zero-order valence-electron chi connectivity index (χ0n) is 15.4. The third kappa shape index (κ3) is 3.17. The lowest BCUT2D eigenvalue weighted by atomic mass is 9.87. The lowest BCUT2D eigenvalue weighted by Gasteiger charge is -2.45. The molecule has 27 heavy (non-hydrogen) atoms. The molecule has 1 aromatic heterocycles. The van der Waals surface area contributed by atoms with Crippen molar-refractivity contribution >= 4 is 10.9 Å². The van der Waals surface area contributed by atoms with Gasteiger partial charge < -0.3 is 4.98 Å². The quantitative estimate of drug-likeness (QED) is 0.507. The van der Waals surface area contributed by atoms with E-state index in [1.807, 2.05) is 0 Å². The van der Waals surface area contributed by atoms with Gasteiger partial charge in [-0.15, -0.1) is 0 Å². The molecule has 0 aliphatic carbocycles. The van der Waals surface area contributed by atoms with Crippen molar-refractivity contribution in [3.63, 3.8) is 0 Å². The van der Waals surface area contributed by atoms with Crippen molar-refractivity contribution in [3.05, 3.63) is 108 Å². The topological polar surface area (TPSA) is 19.0 Å². The van der Waals surface area contributed by atoms with Crippen LogP contribution in [0.2, 0.25) is 0 Å². The summed E-state index contributed by atoms with van der Waals surface area (Å²) < 4.78 is 0. The van der Waals surface area contributed by atoms with E-state index >= 15 is 0 Å². The van der Waals surface area contributed by atoms with E-state index in [1.165, 1.54) is 27.6 Å². The van der Waals surface area contributed by atoms with Crippen LogP contribution in [-0.2, 0) is 6.42 Å². The highest BCUT2D eigenvalue weighted by molar-refractivity contribution is 5.83. The van der Waals surface area contributed by atoms with Crippen LogP contribution in [0.25, 0.3) is 10.9 Å². The normalized spacial score (nSPS) is 15.3. The zero-order chi connectivity index (χ0) is 18.1. The molecule has 2 nitrogen and oxygen atoms in total. The number of benzene rings is 3. The lowest BCUT2D eigenvalue weighted by molar-refractivity contribution is 0.0690. The van der Waals surface area contributed by atoms with Crippen LogP contribution < -0.4 is 0 Å². The number of H-pyrrole nitrogens is 1. The molecule has 1 aliphatic heterocycles. The number of para-hydroxylation sites is 1. The number of rotatable bonds is 5. The summed E-state index contributed by atoms with van der Waals surface area (Å²) in [5.74, 6) is 0.721. The minimum absolute atomic E-state index is 0.353. The summed E-state index contributed by atoms with van der Waals surface area (Å²) in [5.41, 5.74) is 5.46. The van der Waals surface area contributed by atoms with E-state index in [9.17, 15) is 0 Å². The maximum absolute atomic E-state index is 3.41. The maximum Gasteiger partial charge on any atom is 0.0602 e. The summed E-state index contributed by atoms with van der Waals surface area (Å²) in [7, 11) is 0. The van der Waals surface area contributed by atoms with Gasteiger partial charge in [0.2, 0.25) is 0 Å². The number of likely N-dealkylation sites (tertiary alicyclic amines) is 1. The molecule has 134 valence electrons. The molecular weight excluding hydrogens is 328 g/mol. The first kappa shape index (κ1) is 16.3. The van der Waals surface area contributed by atoms with Gasteiger partial charge in [0.25, 0.3) is 0 Å². The summed E-state index contributed by atoms with van der Waals surface area (Å²) in [5, 5.41) is 1.37. The molecule has 1 saturated heterocycles. The highest BCUT2D eigenvalue weighted by Gasteiger charge is 2.34. The van der Waals surface area contributed by atoms with Crippen LogP contribution in [0.3, 0.4) is 0 Å². The summed E-state index contributed by atoms with van der Waals surface area (Å²) >= 11 is 0. The van der Waals surface area contributed by atoms with Gasteiger partial charge in [0.15, 0.2) is 0 Å². The first-order valence-electron chi connectivity index (χ1n) is 9.77. The highest BCUT2D eigenvalue weighted by atomic mass is 15.2. The molecule has 0 bridgehead atoms. The Morgan fingerprint density at radius 3 is 2.04 bits per heavy atom. The maximum atomic E-state index is 3.41. The first-order chi connectivity index (χ1) is 13.4. The van der Waals surface area contributed by atoms with Crippen LogP contribution in [0.1, 0.15) is 22.7 Å². The Balaban J connectivity index is 1.34. The average Bonchev–Trinajstić information content (AvgIpc) is 3.11. The average molecular weight is 352 g/mol. The Bertz CT molecular complexity index is 974. The van der Waals surface area contributed by atoms with Crippen molar-refractivity contribution in [2.24, 2.45) is 5.92 Å². The monoisotopic (exact) mass is 352 g/mol. The summed E-state index contributed by atoms with van der Waals surface area (Å²) in [6.07, 6.45) is 3.34. The van der Waals surface area contributed by atoms with Gasteiger partial charge in [-0.05, 0) is 35.1 Å². The van der Waals surface area contributed by atoms with Gasteiger partial charge in [0.05, 0.1) is 6.04 Å². The fraction of sp³-hybridized carbons (Fsp3) is 0.200. The van der Waals surface area contributed by atoms with Gasteiger partial charge in [-0.1, -0.05) is 78.9 Å². The predicted octanol–water partition coefficient (Wildman–Crippen LogP) is 5.43. The number of hydrogen-bond donors (Lipinski definition) is 1. The third-order valence-corrected chi connectivity index (χ3v) is 5.76. The van der Waals surface area contributed by atoms with E-state index in [4.69, 9.17) is 0 Å². The molecule has 0 atom stereocenters. The van der Waals surface area contributed by atoms with Gasteiger partial charge in [-0.25, -0.2) is 0 Å². The molecule has 5 rings (SSSR count). The Labute approximate surface area is 160 Å². The highest BCUT2D eigenvalue weighted by Crippen LogP contribution is 2.35. The van der Waals surface area contributed by atoms with Crippen molar-refractivity contribution in [2.45, 2.75) is 12.5 Å². The van der Waals surface area contributed by atoms with Crippen LogP contribution >= 0.6 is 0 Å². The second-order valence-electron chi connectivity index (χ2n) is 7.61. The van der Waals surface area contributed by atoms with Gasteiger partial charge in [-0.2, -0.15) is 0 Å². The molecule has 1 fully saturated rings. The molecule has 0 saturated carbocycles. The van der Waals surface area contributed by atoms with Gasteiger partial charge in [0.1, 0.15) is 0 Å². The Hall–Kier alpha value is -2.84. The van der Waals surface area contributed by atoms with E-state index in [-0.39, 0.29) is 0 Å². The van der Waals surface area contributed by atoms with Crippen LogP contribution in [0.15, 0.2) is 91.1 Å². The number of fused-ring (bicyclic) bond motifs is 1. The molecule has 0 radical (unpaired) electrons. The molecule has 1 N–H and O–H groups in total. The zero-order valence-corrected chi connectivity index (χ0v) is 15.4. The van der Waals surface area contributed by atoms with Crippen molar-refractivity contribution < 1.29 is 0 Å². The van der Waals surface area contributed by atoms with Gasteiger partial charge in [0, 0.05) is 30.2 Å². The molecular formula is C25H24N2. The molecule has 0 amide bonds. The van der Waals surface area contributed by atoms with Crippen LogP contribution in [0.5, 0.6) is 0 Å². The van der Waals surface area contributed by atoms with Crippen molar-refractivity contribution in [1.82, 2.24) is 9.88 Å². The third-order valence-electron chi connectivity index (χ3n) is 5.76. The van der Waals surface area contributed by atoms with Crippen LogP contribution in [0, 0.1) is 5.92 Å².